The molecule has 17 heavy (non-hydrogen) atoms. The Balaban J connectivity index is 3.39. The molecule has 0 radical (unpaired) electrons. The van der Waals surface area contributed by atoms with Crippen LogP contribution in [0.2, 0.25) is 0 Å². The van der Waals surface area contributed by atoms with Crippen LogP contribution in [-0.2, 0) is 6.18 Å². The number of nitrogens with two attached hydrogens (primary N) is 1. The van der Waals surface area contributed by atoms with E-state index in [0.717, 1.165) is 6.07 Å². The third-order valence-corrected chi connectivity index (χ3v) is 2.08. The molecule has 4 nitrogen and oxygen atoms in total. The Kier molecular flexibility index (Phi) is 3.40. The summed E-state index contributed by atoms with van der Waals surface area (Å²) in [6, 6.07) is 2.18. The van der Waals surface area contributed by atoms with E-state index < -0.39 is 29.1 Å². The standard InChI is InChI=1S/C10H9F3N2O2/c1-15-9(17)7-4-5(10(11,12)13)2-3-6(7)8(14)16/h2-4H,1H3,(H2,14,16)(H,15,17). The fourth-order valence-corrected chi connectivity index (χ4v) is 1.26. The van der Waals surface area contributed by atoms with Gasteiger partial charge in [-0.15, -0.1) is 0 Å². The molecule has 0 saturated heterocycles. The largest absolute Gasteiger partial charge is 0.416 e. The molecule has 0 unspecified atom stereocenters. The Hall–Kier alpha value is -2.05. The van der Waals surface area contributed by atoms with Crippen molar-refractivity contribution < 1.29 is 22.8 Å². The van der Waals surface area contributed by atoms with Crippen LogP contribution in [0.1, 0.15) is 26.3 Å². The van der Waals surface area contributed by atoms with Crippen LogP contribution >= 0.6 is 0 Å². The molecule has 0 heterocycles. The minimum absolute atomic E-state index is 0.252. The van der Waals surface area contributed by atoms with Crippen molar-refractivity contribution in [2.24, 2.45) is 5.73 Å². The number of alkyl halides is 3. The zero-order chi connectivity index (χ0) is 13.2. The van der Waals surface area contributed by atoms with E-state index in [0.29, 0.717) is 12.1 Å². The first-order valence-corrected chi connectivity index (χ1v) is 4.50. The maximum atomic E-state index is 12.4. The summed E-state index contributed by atoms with van der Waals surface area (Å²) in [5, 5.41) is 2.14. The average molecular weight is 246 g/mol. The second-order valence-corrected chi connectivity index (χ2v) is 3.20. The molecular weight excluding hydrogens is 237 g/mol. The molecule has 0 aliphatic heterocycles. The Morgan fingerprint density at radius 3 is 2.24 bits per heavy atom. The number of primary amides is 1. The van der Waals surface area contributed by atoms with Crippen molar-refractivity contribution in [3.63, 3.8) is 0 Å². The highest BCUT2D eigenvalue weighted by molar-refractivity contribution is 6.06. The van der Waals surface area contributed by atoms with Gasteiger partial charge < -0.3 is 11.1 Å². The fraction of sp³-hybridized carbons (Fsp3) is 0.200. The first-order chi connectivity index (χ1) is 7.77. The molecule has 0 spiro atoms. The van der Waals surface area contributed by atoms with Crippen molar-refractivity contribution in [3.8, 4) is 0 Å². The highest BCUT2D eigenvalue weighted by Gasteiger charge is 2.32. The third kappa shape index (κ3) is 2.74. The van der Waals surface area contributed by atoms with E-state index in [4.69, 9.17) is 5.73 Å². The molecule has 0 bridgehead atoms. The second kappa shape index (κ2) is 4.44. The summed E-state index contributed by atoms with van der Waals surface area (Å²) in [7, 11) is 1.24. The van der Waals surface area contributed by atoms with Crippen molar-refractivity contribution in [1.82, 2.24) is 5.32 Å². The zero-order valence-corrected chi connectivity index (χ0v) is 8.76. The summed E-state index contributed by atoms with van der Waals surface area (Å²) >= 11 is 0. The van der Waals surface area contributed by atoms with Gasteiger partial charge in [-0.3, -0.25) is 9.59 Å². The Bertz CT molecular complexity index is 469. The van der Waals surface area contributed by atoms with Gasteiger partial charge in [0.15, 0.2) is 0 Å². The van der Waals surface area contributed by atoms with Gasteiger partial charge in [0.1, 0.15) is 0 Å². The average Bonchev–Trinajstić information content (AvgIpc) is 2.25. The van der Waals surface area contributed by atoms with E-state index in [1.54, 1.807) is 0 Å². The normalized spacial score (nSPS) is 11.1. The minimum Gasteiger partial charge on any atom is -0.366 e. The Morgan fingerprint density at radius 2 is 1.82 bits per heavy atom. The van der Waals surface area contributed by atoms with Crippen molar-refractivity contribution >= 4 is 11.8 Å². The van der Waals surface area contributed by atoms with Crippen LogP contribution in [0.3, 0.4) is 0 Å². The van der Waals surface area contributed by atoms with E-state index in [-0.39, 0.29) is 5.56 Å². The molecule has 0 atom stereocenters. The topological polar surface area (TPSA) is 72.2 Å². The maximum Gasteiger partial charge on any atom is 0.416 e. The van der Waals surface area contributed by atoms with E-state index in [1.165, 1.54) is 7.05 Å². The number of hydrogen-bond acceptors (Lipinski definition) is 2. The highest BCUT2D eigenvalue weighted by atomic mass is 19.4. The molecule has 2 amide bonds. The van der Waals surface area contributed by atoms with Crippen LogP contribution in [0.25, 0.3) is 0 Å². The first-order valence-electron chi connectivity index (χ1n) is 4.50. The molecule has 0 aromatic heterocycles. The number of amides is 2. The van der Waals surface area contributed by atoms with E-state index in [2.05, 4.69) is 5.32 Å². The van der Waals surface area contributed by atoms with Crippen LogP contribution in [0.15, 0.2) is 18.2 Å². The van der Waals surface area contributed by atoms with E-state index in [1.807, 2.05) is 0 Å². The lowest BCUT2D eigenvalue weighted by atomic mass is 10.0. The predicted molar refractivity (Wildman–Crippen MR) is 53.4 cm³/mol. The fourth-order valence-electron chi connectivity index (χ4n) is 1.26. The molecule has 0 aliphatic carbocycles. The number of carbonyl (C=O) groups excluding carboxylic acids is 2. The number of hydrogen-bond donors (Lipinski definition) is 2. The molecule has 0 aliphatic rings. The van der Waals surface area contributed by atoms with Gasteiger partial charge in [-0.2, -0.15) is 13.2 Å². The number of halogens is 3. The Labute approximate surface area is 94.6 Å². The van der Waals surface area contributed by atoms with Crippen LogP contribution in [0.4, 0.5) is 13.2 Å². The van der Waals surface area contributed by atoms with Gasteiger partial charge in [0.2, 0.25) is 5.91 Å². The van der Waals surface area contributed by atoms with Crippen molar-refractivity contribution in [1.29, 1.82) is 0 Å². The molecule has 0 fully saturated rings. The number of carbonyl (C=O) groups is 2. The van der Waals surface area contributed by atoms with Gasteiger partial charge in [0.25, 0.3) is 5.91 Å². The van der Waals surface area contributed by atoms with Gasteiger partial charge >= 0.3 is 6.18 Å². The molecule has 3 N–H and O–H groups in total. The van der Waals surface area contributed by atoms with Gasteiger partial charge in [-0.05, 0) is 18.2 Å². The van der Waals surface area contributed by atoms with E-state index in [9.17, 15) is 22.8 Å². The van der Waals surface area contributed by atoms with Crippen LogP contribution < -0.4 is 11.1 Å². The number of benzene rings is 1. The van der Waals surface area contributed by atoms with Crippen LogP contribution in [0, 0.1) is 0 Å². The van der Waals surface area contributed by atoms with Gasteiger partial charge in [-0.1, -0.05) is 0 Å². The predicted octanol–water partition coefficient (Wildman–Crippen LogP) is 1.16. The zero-order valence-electron chi connectivity index (χ0n) is 8.76. The lowest BCUT2D eigenvalue weighted by Gasteiger charge is -2.10. The monoisotopic (exact) mass is 246 g/mol. The molecule has 7 heteroatoms. The number of nitrogens with one attached hydrogen (secondary N) is 1. The summed E-state index contributed by atoms with van der Waals surface area (Å²) in [6.45, 7) is 0. The van der Waals surface area contributed by atoms with Crippen molar-refractivity contribution in [2.75, 3.05) is 7.05 Å². The summed E-state index contributed by atoms with van der Waals surface area (Å²) in [5.74, 6) is -1.76. The summed E-state index contributed by atoms with van der Waals surface area (Å²) < 4.78 is 37.3. The Morgan fingerprint density at radius 1 is 1.24 bits per heavy atom. The summed E-state index contributed by atoms with van der Waals surface area (Å²) in [4.78, 5) is 22.3. The van der Waals surface area contributed by atoms with Crippen molar-refractivity contribution in [2.45, 2.75) is 6.18 Å². The molecule has 1 aromatic carbocycles. The second-order valence-electron chi connectivity index (χ2n) is 3.20. The van der Waals surface area contributed by atoms with E-state index >= 15 is 0 Å². The molecular formula is C10H9F3N2O2. The van der Waals surface area contributed by atoms with Crippen LogP contribution in [0.5, 0.6) is 0 Å². The van der Waals surface area contributed by atoms with Gasteiger partial charge in [-0.25, -0.2) is 0 Å². The SMILES string of the molecule is CNC(=O)c1cc(C(F)(F)F)ccc1C(N)=O. The molecule has 1 aromatic rings. The maximum absolute atomic E-state index is 12.4. The first kappa shape index (κ1) is 13.0. The highest BCUT2D eigenvalue weighted by Crippen LogP contribution is 2.30. The third-order valence-electron chi connectivity index (χ3n) is 2.08. The lowest BCUT2D eigenvalue weighted by molar-refractivity contribution is -0.137. The van der Waals surface area contributed by atoms with Crippen molar-refractivity contribution in [3.05, 3.63) is 34.9 Å². The molecule has 0 saturated carbocycles. The lowest BCUT2D eigenvalue weighted by Crippen LogP contribution is -2.24. The number of rotatable bonds is 2. The van der Waals surface area contributed by atoms with Crippen LogP contribution in [-0.4, -0.2) is 18.9 Å². The van der Waals surface area contributed by atoms with Gasteiger partial charge in [0, 0.05) is 7.05 Å². The van der Waals surface area contributed by atoms with Gasteiger partial charge in [0.05, 0.1) is 16.7 Å². The summed E-state index contributed by atoms with van der Waals surface area (Å²) in [6.07, 6.45) is -4.58. The molecule has 92 valence electrons. The quantitative estimate of drug-likeness (QED) is 0.822. The molecule has 1 rings (SSSR count). The minimum atomic E-state index is -4.58. The summed E-state index contributed by atoms with van der Waals surface area (Å²) in [5.41, 5.74) is 3.31. The smallest absolute Gasteiger partial charge is 0.366 e.